The molecule has 2 N–H and O–H groups in total. The summed E-state index contributed by atoms with van der Waals surface area (Å²) < 4.78 is 120. The summed E-state index contributed by atoms with van der Waals surface area (Å²) in [5.74, 6) is -8.51. The highest BCUT2D eigenvalue weighted by Crippen LogP contribution is 2.59. The maximum absolute atomic E-state index is 14.9. The lowest BCUT2D eigenvalue weighted by atomic mass is 9.87. The van der Waals surface area contributed by atoms with Crippen molar-refractivity contribution in [2.24, 2.45) is 0 Å². The van der Waals surface area contributed by atoms with E-state index in [1.165, 1.54) is 12.1 Å². The van der Waals surface area contributed by atoms with E-state index in [1.54, 1.807) is 25.1 Å². The third kappa shape index (κ3) is 5.98. The summed E-state index contributed by atoms with van der Waals surface area (Å²) >= 11 is 5.35. The Morgan fingerprint density at radius 3 is 1.86 bits per heavy atom. The molecule has 0 saturated heterocycles. The summed E-state index contributed by atoms with van der Waals surface area (Å²) in [6.07, 6.45) is -13.6. The van der Waals surface area contributed by atoms with E-state index in [0.717, 1.165) is 12.1 Å². The first kappa shape index (κ1) is 32.9. The molecule has 16 heteroatoms. The van der Waals surface area contributed by atoms with E-state index in [2.05, 4.69) is 42.5 Å². The number of aryl methyl sites for hydroxylation is 1. The van der Waals surface area contributed by atoms with Crippen molar-refractivity contribution >= 4 is 55.0 Å². The molecule has 1 atom stereocenters. The van der Waals surface area contributed by atoms with Crippen LogP contribution in [0, 0.1) is 18.3 Å². The lowest BCUT2D eigenvalue weighted by Gasteiger charge is -2.36. The number of rotatable bonds is 6. The van der Waals surface area contributed by atoms with Gasteiger partial charge in [-0.2, -0.15) is 40.4 Å². The smallest absolute Gasteiger partial charge is 0.321 e. The van der Waals surface area contributed by atoms with Gasteiger partial charge in [0, 0.05) is 25.6 Å². The van der Waals surface area contributed by atoms with Crippen molar-refractivity contribution in [1.82, 2.24) is 0 Å². The van der Waals surface area contributed by atoms with Gasteiger partial charge in [-0.15, -0.1) is 0 Å². The fourth-order valence-electron chi connectivity index (χ4n) is 3.70. The highest BCUT2D eigenvalue weighted by atomic mass is 79.9. The molecule has 222 valence electrons. The fraction of sp³-hybridized carbons (Fsp3) is 0.192. The Bertz CT molecular complexity index is 1580. The van der Waals surface area contributed by atoms with Crippen LogP contribution < -0.4 is 10.6 Å². The van der Waals surface area contributed by atoms with Crippen LogP contribution in [0.1, 0.15) is 37.4 Å². The van der Waals surface area contributed by atoms with Crippen LogP contribution in [0.15, 0.2) is 63.5 Å². The van der Waals surface area contributed by atoms with E-state index in [-0.39, 0.29) is 34.5 Å². The first-order chi connectivity index (χ1) is 19.3. The number of amides is 2. The number of carbonyl (C=O) groups is 2. The molecule has 0 radical (unpaired) electrons. The van der Waals surface area contributed by atoms with Crippen LogP contribution in [0.4, 0.5) is 50.9 Å². The molecule has 42 heavy (non-hydrogen) atoms. The van der Waals surface area contributed by atoms with Crippen molar-refractivity contribution in [2.45, 2.75) is 30.9 Å². The molecule has 3 aromatic carbocycles. The van der Waals surface area contributed by atoms with Crippen molar-refractivity contribution in [3.63, 3.8) is 0 Å². The summed E-state index contributed by atoms with van der Waals surface area (Å²) in [6, 6.07) is 11.8. The molecule has 3 aromatic rings. The standard InChI is InChI=1S/C26H14Br2F9N3O2/c1-12-4-2-3-5-16(12)22(42)39-19-8-13(6-7-14(19)11-38)21(41)40-20-17(27)9-15(10-18(20)28)23(29,25(32,33)34)24(30,31)26(35,36)37/h2-10H,1H3,(H,39,42)(H,40,41). The molecule has 0 aromatic heterocycles. The average molecular weight is 731 g/mol. The Balaban J connectivity index is 1.99. The van der Waals surface area contributed by atoms with Gasteiger partial charge in [0.1, 0.15) is 6.07 Å². The Hall–Kier alpha value is -3.58. The van der Waals surface area contributed by atoms with E-state index in [0.29, 0.717) is 5.56 Å². The van der Waals surface area contributed by atoms with E-state index in [1.807, 2.05) is 6.07 Å². The average Bonchev–Trinajstić information content (AvgIpc) is 2.88. The summed E-state index contributed by atoms with van der Waals surface area (Å²) in [4.78, 5) is 25.7. The summed E-state index contributed by atoms with van der Waals surface area (Å²) in [6.45, 7) is 1.66. The van der Waals surface area contributed by atoms with Crippen molar-refractivity contribution in [1.29, 1.82) is 5.26 Å². The van der Waals surface area contributed by atoms with Crippen molar-refractivity contribution in [3.05, 3.63) is 91.4 Å². The number of nitrogens with one attached hydrogen (secondary N) is 2. The van der Waals surface area contributed by atoms with E-state index in [9.17, 15) is 54.4 Å². The van der Waals surface area contributed by atoms with E-state index in [4.69, 9.17) is 0 Å². The minimum atomic E-state index is -6.91. The number of nitriles is 1. The van der Waals surface area contributed by atoms with Gasteiger partial charge in [-0.05, 0) is 80.7 Å². The first-order valence-electron chi connectivity index (χ1n) is 11.2. The highest BCUT2D eigenvalue weighted by Gasteiger charge is 2.81. The van der Waals surface area contributed by atoms with Crippen molar-refractivity contribution in [2.75, 3.05) is 10.6 Å². The molecule has 0 aliphatic heterocycles. The van der Waals surface area contributed by atoms with Crippen LogP contribution in [-0.4, -0.2) is 30.1 Å². The van der Waals surface area contributed by atoms with Gasteiger partial charge >= 0.3 is 23.9 Å². The second kappa shape index (κ2) is 11.6. The van der Waals surface area contributed by atoms with Crippen LogP contribution in [0.5, 0.6) is 0 Å². The van der Waals surface area contributed by atoms with Crippen LogP contribution in [-0.2, 0) is 5.67 Å². The summed E-state index contributed by atoms with van der Waals surface area (Å²) in [7, 11) is 0. The van der Waals surface area contributed by atoms with Crippen LogP contribution in [0.25, 0.3) is 0 Å². The molecular formula is C26H14Br2F9N3O2. The van der Waals surface area contributed by atoms with Gasteiger partial charge in [0.2, 0.25) is 0 Å². The molecule has 0 fully saturated rings. The molecule has 0 aliphatic carbocycles. The molecule has 0 spiro atoms. The molecule has 0 heterocycles. The summed E-state index contributed by atoms with van der Waals surface area (Å²) in [5.41, 5.74) is -8.23. The SMILES string of the molecule is Cc1ccccc1C(=O)Nc1cc(C(=O)Nc2c(Br)cc(C(F)(C(F)(F)F)C(F)(F)C(F)(F)F)cc2Br)ccc1C#N. The predicted molar refractivity (Wildman–Crippen MR) is 140 cm³/mol. The van der Waals surface area contributed by atoms with E-state index < -0.39 is 56.0 Å². The van der Waals surface area contributed by atoms with Crippen LogP contribution in [0.3, 0.4) is 0 Å². The van der Waals surface area contributed by atoms with Crippen molar-refractivity contribution < 1.29 is 49.1 Å². The number of hydrogen-bond donors (Lipinski definition) is 2. The lowest BCUT2D eigenvalue weighted by Crippen LogP contribution is -2.59. The fourth-order valence-corrected chi connectivity index (χ4v) is 5.08. The zero-order valence-corrected chi connectivity index (χ0v) is 23.8. The molecular weight excluding hydrogens is 717 g/mol. The number of hydrogen-bond acceptors (Lipinski definition) is 3. The Morgan fingerprint density at radius 2 is 1.36 bits per heavy atom. The molecule has 3 rings (SSSR count). The van der Waals surface area contributed by atoms with Crippen LogP contribution in [0.2, 0.25) is 0 Å². The maximum Gasteiger partial charge on any atom is 0.457 e. The molecule has 0 bridgehead atoms. The first-order valence-corrected chi connectivity index (χ1v) is 12.8. The highest BCUT2D eigenvalue weighted by molar-refractivity contribution is 9.11. The van der Waals surface area contributed by atoms with Gasteiger partial charge in [0.05, 0.1) is 16.9 Å². The number of benzene rings is 3. The number of carbonyl (C=O) groups excluding carboxylic acids is 2. The minimum absolute atomic E-state index is 0.0279. The minimum Gasteiger partial charge on any atom is -0.321 e. The predicted octanol–water partition coefficient (Wildman–Crippen LogP) is 8.82. The zero-order chi connectivity index (χ0) is 31.8. The van der Waals surface area contributed by atoms with Gasteiger partial charge < -0.3 is 10.6 Å². The number of halogens is 11. The second-order valence-electron chi connectivity index (χ2n) is 8.64. The quantitative estimate of drug-likeness (QED) is 0.249. The zero-order valence-electron chi connectivity index (χ0n) is 20.6. The number of nitrogens with zero attached hydrogens (tertiary/aromatic N) is 1. The third-order valence-corrected chi connectivity index (χ3v) is 7.15. The second-order valence-corrected chi connectivity index (χ2v) is 10.3. The molecule has 1 unspecified atom stereocenters. The Kier molecular flexibility index (Phi) is 9.09. The van der Waals surface area contributed by atoms with Gasteiger partial charge in [0.25, 0.3) is 11.8 Å². The van der Waals surface area contributed by atoms with Gasteiger partial charge in [-0.1, -0.05) is 18.2 Å². The maximum atomic E-state index is 14.9. The Morgan fingerprint density at radius 1 is 0.786 bits per heavy atom. The third-order valence-electron chi connectivity index (χ3n) is 5.90. The van der Waals surface area contributed by atoms with Crippen molar-refractivity contribution in [3.8, 4) is 6.07 Å². The molecule has 2 amide bonds. The monoisotopic (exact) mass is 729 g/mol. The molecule has 5 nitrogen and oxygen atoms in total. The largest absolute Gasteiger partial charge is 0.457 e. The summed E-state index contributed by atoms with van der Waals surface area (Å²) in [5, 5.41) is 14.1. The van der Waals surface area contributed by atoms with Gasteiger partial charge in [-0.25, -0.2) is 4.39 Å². The van der Waals surface area contributed by atoms with E-state index >= 15 is 0 Å². The van der Waals surface area contributed by atoms with Gasteiger partial charge in [0.15, 0.2) is 0 Å². The topological polar surface area (TPSA) is 82.0 Å². The Labute approximate surface area is 248 Å². The number of alkyl halides is 9. The molecule has 0 saturated carbocycles. The normalized spacial score (nSPS) is 13.6. The number of anilines is 2. The van der Waals surface area contributed by atoms with Crippen LogP contribution >= 0.6 is 31.9 Å². The lowest BCUT2D eigenvalue weighted by molar-refractivity contribution is -0.389. The van der Waals surface area contributed by atoms with Gasteiger partial charge in [-0.3, -0.25) is 9.59 Å². The molecule has 0 aliphatic rings.